The highest BCUT2D eigenvalue weighted by atomic mass is 16.5. The van der Waals surface area contributed by atoms with E-state index in [0.29, 0.717) is 29.8 Å². The Morgan fingerprint density at radius 2 is 1.83 bits per heavy atom. The molecule has 2 fully saturated rings. The fourth-order valence-corrected chi connectivity index (χ4v) is 8.48. The number of ether oxygens (including phenoxy) is 1. The van der Waals surface area contributed by atoms with Crippen LogP contribution in [0.1, 0.15) is 69.9 Å². The van der Waals surface area contributed by atoms with Gasteiger partial charge in [0.15, 0.2) is 0 Å². The van der Waals surface area contributed by atoms with E-state index < -0.39 is 0 Å². The van der Waals surface area contributed by atoms with Gasteiger partial charge in [-0.25, -0.2) is 0 Å². The van der Waals surface area contributed by atoms with Gasteiger partial charge in [-0.2, -0.15) is 0 Å². The Kier molecular flexibility index (Phi) is 6.14. The van der Waals surface area contributed by atoms with Gasteiger partial charge in [-0.3, -0.25) is 9.78 Å². The lowest BCUT2D eigenvalue weighted by atomic mass is 9.46. The first-order chi connectivity index (χ1) is 17.5. The number of rotatable bonds is 5. The molecule has 36 heavy (non-hydrogen) atoms. The highest BCUT2D eigenvalue weighted by Gasteiger charge is 2.57. The van der Waals surface area contributed by atoms with Gasteiger partial charge in [0.25, 0.3) is 0 Å². The van der Waals surface area contributed by atoms with Crippen molar-refractivity contribution in [3.8, 4) is 0 Å². The van der Waals surface area contributed by atoms with Crippen molar-refractivity contribution in [1.29, 1.82) is 0 Å². The van der Waals surface area contributed by atoms with Gasteiger partial charge in [0.05, 0.1) is 13.0 Å². The van der Waals surface area contributed by atoms with Crippen molar-refractivity contribution in [2.45, 2.75) is 65.2 Å². The zero-order valence-corrected chi connectivity index (χ0v) is 21.8. The van der Waals surface area contributed by atoms with E-state index in [1.165, 1.54) is 44.1 Å². The summed E-state index contributed by atoms with van der Waals surface area (Å²) in [5.41, 5.74) is 6.24. The summed E-state index contributed by atoms with van der Waals surface area (Å²) in [5.74, 6) is 2.59. The molecule has 0 N–H and O–H groups in total. The SMILES string of the molecule is C[C@]12CCC(COC(=O)Cc3cccnc3)C=C1CC[C@@H]1[C@@H]2CC[C@]2(C)C(c3ccccc3)=CC[C@@H]12. The monoisotopic (exact) mass is 481 g/mol. The molecule has 4 aliphatic rings. The lowest BCUT2D eigenvalue weighted by molar-refractivity contribution is -0.144. The average molecular weight is 482 g/mol. The summed E-state index contributed by atoms with van der Waals surface area (Å²) < 4.78 is 5.71. The van der Waals surface area contributed by atoms with Crippen LogP contribution in [0.4, 0.5) is 0 Å². The number of nitrogens with zero attached hydrogens (tertiary/aromatic N) is 1. The van der Waals surface area contributed by atoms with E-state index in [1.54, 1.807) is 23.5 Å². The molecule has 1 unspecified atom stereocenters. The third-order valence-electron chi connectivity index (χ3n) is 10.4. The normalized spacial score (nSPS) is 35.1. The van der Waals surface area contributed by atoms with Gasteiger partial charge in [-0.1, -0.05) is 68.0 Å². The first-order valence-electron chi connectivity index (χ1n) is 14.0. The molecule has 3 nitrogen and oxygen atoms in total. The van der Waals surface area contributed by atoms with Crippen molar-refractivity contribution in [2.24, 2.45) is 34.5 Å². The molecule has 2 aromatic rings. The fraction of sp³-hybridized carbons (Fsp3) is 0.515. The van der Waals surface area contributed by atoms with E-state index in [-0.39, 0.29) is 5.97 Å². The summed E-state index contributed by atoms with van der Waals surface area (Å²) in [5, 5.41) is 0. The van der Waals surface area contributed by atoms with Crippen molar-refractivity contribution in [3.63, 3.8) is 0 Å². The van der Waals surface area contributed by atoms with Crippen LogP contribution in [-0.2, 0) is 16.0 Å². The maximum atomic E-state index is 12.4. The molecule has 0 spiro atoms. The molecular weight excluding hydrogens is 442 g/mol. The number of esters is 1. The van der Waals surface area contributed by atoms with E-state index in [0.717, 1.165) is 29.7 Å². The molecule has 6 atom stereocenters. The van der Waals surface area contributed by atoms with Crippen molar-refractivity contribution in [2.75, 3.05) is 6.61 Å². The summed E-state index contributed by atoms with van der Waals surface area (Å²) in [7, 11) is 0. The molecule has 2 saturated carbocycles. The smallest absolute Gasteiger partial charge is 0.310 e. The van der Waals surface area contributed by atoms with Gasteiger partial charge in [0, 0.05) is 18.3 Å². The van der Waals surface area contributed by atoms with Crippen LogP contribution in [0.15, 0.2) is 72.6 Å². The largest absolute Gasteiger partial charge is 0.465 e. The molecular formula is C33H39NO2. The van der Waals surface area contributed by atoms with E-state index >= 15 is 0 Å². The van der Waals surface area contributed by atoms with Gasteiger partial charge in [0.1, 0.15) is 0 Å². The highest BCUT2D eigenvalue weighted by molar-refractivity contribution is 5.73. The number of benzene rings is 1. The predicted octanol–water partition coefficient (Wildman–Crippen LogP) is 7.44. The number of hydrogen-bond donors (Lipinski definition) is 0. The minimum absolute atomic E-state index is 0.145. The quantitative estimate of drug-likeness (QED) is 0.329. The van der Waals surface area contributed by atoms with Crippen LogP contribution in [0, 0.1) is 34.5 Å². The maximum Gasteiger partial charge on any atom is 0.310 e. The Morgan fingerprint density at radius 1 is 1.00 bits per heavy atom. The zero-order valence-electron chi connectivity index (χ0n) is 21.8. The minimum Gasteiger partial charge on any atom is -0.465 e. The topological polar surface area (TPSA) is 39.2 Å². The van der Waals surface area contributed by atoms with Crippen LogP contribution in [0.5, 0.6) is 0 Å². The second kappa shape index (κ2) is 9.32. The van der Waals surface area contributed by atoms with Crippen LogP contribution >= 0.6 is 0 Å². The zero-order chi connectivity index (χ0) is 24.8. The molecule has 0 radical (unpaired) electrons. The number of aromatic nitrogens is 1. The van der Waals surface area contributed by atoms with Crippen LogP contribution < -0.4 is 0 Å². The van der Waals surface area contributed by atoms with Gasteiger partial charge in [-0.05, 0) is 96.3 Å². The summed E-state index contributed by atoms with van der Waals surface area (Å²) in [4.78, 5) is 16.5. The Balaban J connectivity index is 1.13. The summed E-state index contributed by atoms with van der Waals surface area (Å²) in [6.45, 7) is 5.63. The maximum absolute atomic E-state index is 12.4. The fourth-order valence-electron chi connectivity index (χ4n) is 8.48. The van der Waals surface area contributed by atoms with E-state index in [9.17, 15) is 4.79 Å². The lowest BCUT2D eigenvalue weighted by Crippen LogP contribution is -2.50. The van der Waals surface area contributed by atoms with Crippen molar-refractivity contribution >= 4 is 11.5 Å². The van der Waals surface area contributed by atoms with Crippen molar-refractivity contribution in [3.05, 3.63) is 83.7 Å². The first kappa shape index (κ1) is 23.7. The van der Waals surface area contributed by atoms with Gasteiger partial charge < -0.3 is 4.74 Å². The molecule has 3 heteroatoms. The molecule has 1 heterocycles. The van der Waals surface area contributed by atoms with Gasteiger partial charge in [0.2, 0.25) is 0 Å². The second-order valence-electron chi connectivity index (χ2n) is 12.2. The van der Waals surface area contributed by atoms with E-state index in [2.05, 4.69) is 61.3 Å². The van der Waals surface area contributed by atoms with Gasteiger partial charge >= 0.3 is 5.97 Å². The molecule has 1 aromatic heterocycles. The number of pyridine rings is 1. The molecule has 1 aromatic carbocycles. The molecule has 0 amide bonds. The highest BCUT2D eigenvalue weighted by Crippen LogP contribution is 2.66. The molecule has 188 valence electrons. The Labute approximate surface area is 216 Å². The van der Waals surface area contributed by atoms with Crippen molar-refractivity contribution < 1.29 is 9.53 Å². The summed E-state index contributed by atoms with van der Waals surface area (Å²) in [6.07, 6.45) is 17.6. The Hall–Kier alpha value is -2.68. The first-order valence-corrected chi connectivity index (χ1v) is 14.0. The molecule has 0 saturated heterocycles. The van der Waals surface area contributed by atoms with E-state index in [1.807, 2.05) is 12.1 Å². The minimum atomic E-state index is -0.145. The third-order valence-corrected chi connectivity index (χ3v) is 10.4. The molecule has 0 aliphatic heterocycles. The van der Waals surface area contributed by atoms with Crippen LogP contribution in [0.2, 0.25) is 0 Å². The second-order valence-corrected chi connectivity index (χ2v) is 12.2. The number of hydrogen-bond acceptors (Lipinski definition) is 3. The van der Waals surface area contributed by atoms with E-state index in [4.69, 9.17) is 4.74 Å². The standard InChI is InChI=1S/C33H39NO2/c1-32-16-14-24(22-36-31(35)20-23-7-6-18-34-21-23)19-26(32)10-11-27-29-13-12-28(25-8-4-3-5-9-25)33(29,2)17-15-30(27)32/h3-9,12,18-19,21,24,27,29-30H,10-11,13-17,20,22H2,1-2H3/t24?,27-,29-,30-,32-,33+/m0/s1. The molecule has 0 bridgehead atoms. The van der Waals surface area contributed by atoms with Crippen LogP contribution in [0.3, 0.4) is 0 Å². The average Bonchev–Trinajstić information content (AvgIpc) is 3.26. The number of carbonyl (C=O) groups is 1. The van der Waals surface area contributed by atoms with Gasteiger partial charge in [-0.15, -0.1) is 0 Å². The predicted molar refractivity (Wildman–Crippen MR) is 144 cm³/mol. The molecule has 6 rings (SSSR count). The molecule has 4 aliphatic carbocycles. The number of fused-ring (bicyclic) bond motifs is 5. The Bertz CT molecular complexity index is 1170. The van der Waals surface area contributed by atoms with Crippen LogP contribution in [-0.4, -0.2) is 17.6 Å². The summed E-state index contributed by atoms with van der Waals surface area (Å²) in [6, 6.07) is 14.9. The number of carbonyl (C=O) groups excluding carboxylic acids is 1. The Morgan fingerprint density at radius 3 is 2.64 bits per heavy atom. The van der Waals surface area contributed by atoms with Crippen molar-refractivity contribution in [1.82, 2.24) is 4.98 Å². The van der Waals surface area contributed by atoms with Crippen LogP contribution in [0.25, 0.3) is 5.57 Å². The lowest BCUT2D eigenvalue weighted by Gasteiger charge is -2.58. The number of allylic oxidation sites excluding steroid dienone is 3. The third kappa shape index (κ3) is 4.05. The summed E-state index contributed by atoms with van der Waals surface area (Å²) >= 11 is 0.